The Hall–Kier alpha value is -1.69. The van der Waals surface area contributed by atoms with Crippen LogP contribution in [0.4, 0.5) is 5.82 Å². The zero-order valence-corrected chi connectivity index (χ0v) is 13.2. The lowest BCUT2D eigenvalue weighted by Crippen LogP contribution is -2.34. The van der Waals surface area contributed by atoms with Gasteiger partial charge in [-0.2, -0.15) is 0 Å². The van der Waals surface area contributed by atoms with E-state index in [1.54, 1.807) is 13.0 Å². The molecule has 5 nitrogen and oxygen atoms in total. The number of nitrogens with zero attached hydrogens (tertiary/aromatic N) is 2. The molecule has 0 aliphatic rings. The number of ether oxygens (including phenoxy) is 1. The molecule has 6 heteroatoms. The summed E-state index contributed by atoms with van der Waals surface area (Å²) in [6.07, 6.45) is 0. The van der Waals surface area contributed by atoms with Gasteiger partial charge in [0, 0.05) is 19.0 Å². The number of hydrogen-bond acceptors (Lipinski definition) is 5. The molecule has 1 aromatic rings. The Morgan fingerprint density at radius 1 is 1.55 bits per heavy atom. The molecule has 0 bridgehead atoms. The van der Waals surface area contributed by atoms with E-state index in [9.17, 15) is 4.79 Å². The highest BCUT2D eigenvalue weighted by Gasteiger charge is 2.16. The van der Waals surface area contributed by atoms with E-state index in [-0.39, 0.29) is 11.9 Å². The SMILES string of the molecule is CCN(CC(C)C(N)=S)c1ccc(C(=O)OC)c(C)n1. The first-order chi connectivity index (χ1) is 9.40. The summed E-state index contributed by atoms with van der Waals surface area (Å²) in [7, 11) is 1.36. The van der Waals surface area contributed by atoms with Crippen molar-refractivity contribution in [1.82, 2.24) is 4.98 Å². The molecular formula is C14H21N3O2S. The van der Waals surface area contributed by atoms with Gasteiger partial charge in [0.1, 0.15) is 5.82 Å². The molecule has 0 radical (unpaired) electrons. The van der Waals surface area contributed by atoms with Crippen molar-refractivity contribution in [2.45, 2.75) is 20.8 Å². The molecule has 2 N–H and O–H groups in total. The van der Waals surface area contributed by atoms with E-state index in [4.69, 9.17) is 22.7 Å². The summed E-state index contributed by atoms with van der Waals surface area (Å²) >= 11 is 5.00. The molecule has 0 spiro atoms. The van der Waals surface area contributed by atoms with Gasteiger partial charge in [0.25, 0.3) is 0 Å². The van der Waals surface area contributed by atoms with Crippen LogP contribution in [0.15, 0.2) is 12.1 Å². The molecule has 0 saturated heterocycles. The first-order valence-corrected chi connectivity index (χ1v) is 6.91. The average molecular weight is 295 g/mol. The molecular weight excluding hydrogens is 274 g/mol. The lowest BCUT2D eigenvalue weighted by molar-refractivity contribution is 0.0599. The number of aromatic nitrogens is 1. The van der Waals surface area contributed by atoms with Gasteiger partial charge in [-0.15, -0.1) is 0 Å². The largest absolute Gasteiger partial charge is 0.465 e. The number of aryl methyl sites for hydroxylation is 1. The van der Waals surface area contributed by atoms with Gasteiger partial charge in [0.2, 0.25) is 0 Å². The maximum Gasteiger partial charge on any atom is 0.339 e. The van der Waals surface area contributed by atoms with Crippen molar-refractivity contribution in [1.29, 1.82) is 0 Å². The summed E-state index contributed by atoms with van der Waals surface area (Å²) in [6, 6.07) is 3.55. The van der Waals surface area contributed by atoms with E-state index in [1.807, 2.05) is 19.9 Å². The number of hydrogen-bond donors (Lipinski definition) is 1. The first-order valence-electron chi connectivity index (χ1n) is 6.50. The van der Waals surface area contributed by atoms with Crippen LogP contribution in [0.25, 0.3) is 0 Å². The second-order valence-electron chi connectivity index (χ2n) is 4.64. The third-order valence-corrected chi connectivity index (χ3v) is 3.56. The van der Waals surface area contributed by atoms with Crippen LogP contribution in [0.1, 0.15) is 29.9 Å². The van der Waals surface area contributed by atoms with Crippen LogP contribution < -0.4 is 10.6 Å². The summed E-state index contributed by atoms with van der Waals surface area (Å²) in [5.74, 6) is 0.536. The Balaban J connectivity index is 2.97. The maximum atomic E-state index is 11.5. The molecule has 0 aromatic carbocycles. The van der Waals surface area contributed by atoms with Crippen molar-refractivity contribution < 1.29 is 9.53 Å². The lowest BCUT2D eigenvalue weighted by Gasteiger charge is -2.25. The minimum Gasteiger partial charge on any atom is -0.465 e. The monoisotopic (exact) mass is 295 g/mol. The van der Waals surface area contributed by atoms with E-state index in [0.717, 1.165) is 12.4 Å². The number of anilines is 1. The van der Waals surface area contributed by atoms with Crippen molar-refractivity contribution in [2.75, 3.05) is 25.1 Å². The summed E-state index contributed by atoms with van der Waals surface area (Å²) < 4.78 is 4.71. The molecule has 110 valence electrons. The number of rotatable bonds is 6. The Bertz CT molecular complexity index is 505. The third-order valence-electron chi connectivity index (χ3n) is 3.16. The van der Waals surface area contributed by atoms with Crippen LogP contribution >= 0.6 is 12.2 Å². The number of thiocarbonyl (C=S) groups is 1. The molecule has 20 heavy (non-hydrogen) atoms. The first kappa shape index (κ1) is 16.4. The van der Waals surface area contributed by atoms with Crippen LogP contribution in [0.2, 0.25) is 0 Å². The summed E-state index contributed by atoms with van der Waals surface area (Å²) in [6.45, 7) is 7.31. The van der Waals surface area contributed by atoms with Gasteiger partial charge in [0.15, 0.2) is 0 Å². The number of carbonyl (C=O) groups excluding carboxylic acids is 1. The van der Waals surface area contributed by atoms with Gasteiger partial charge in [0.05, 0.1) is 23.4 Å². The number of carbonyl (C=O) groups is 1. The van der Waals surface area contributed by atoms with Crippen molar-refractivity contribution >= 4 is 29.0 Å². The molecule has 0 saturated carbocycles. The van der Waals surface area contributed by atoms with Crippen molar-refractivity contribution in [3.05, 3.63) is 23.4 Å². The summed E-state index contributed by atoms with van der Waals surface area (Å²) in [5.41, 5.74) is 6.78. The van der Waals surface area contributed by atoms with Gasteiger partial charge in [-0.05, 0) is 26.0 Å². The minimum absolute atomic E-state index is 0.104. The molecule has 0 aliphatic carbocycles. The van der Waals surface area contributed by atoms with E-state index in [0.29, 0.717) is 22.8 Å². The predicted molar refractivity (Wildman–Crippen MR) is 84.1 cm³/mol. The van der Waals surface area contributed by atoms with Crippen LogP contribution in [0, 0.1) is 12.8 Å². The second-order valence-corrected chi connectivity index (χ2v) is 5.11. The molecule has 0 amide bonds. The van der Waals surface area contributed by atoms with Crippen LogP contribution in [0.5, 0.6) is 0 Å². The van der Waals surface area contributed by atoms with Crippen LogP contribution in [-0.2, 0) is 4.74 Å². The van der Waals surface area contributed by atoms with E-state index in [2.05, 4.69) is 9.88 Å². The van der Waals surface area contributed by atoms with Crippen LogP contribution in [0.3, 0.4) is 0 Å². The molecule has 1 heterocycles. The highest BCUT2D eigenvalue weighted by atomic mass is 32.1. The second kappa shape index (κ2) is 7.19. The summed E-state index contributed by atoms with van der Waals surface area (Å²) in [5, 5.41) is 0. The zero-order chi connectivity index (χ0) is 15.3. The Morgan fingerprint density at radius 2 is 2.20 bits per heavy atom. The van der Waals surface area contributed by atoms with Crippen molar-refractivity contribution in [3.8, 4) is 0 Å². The van der Waals surface area contributed by atoms with Gasteiger partial charge in [-0.1, -0.05) is 19.1 Å². The van der Waals surface area contributed by atoms with Gasteiger partial charge >= 0.3 is 5.97 Å². The molecule has 1 rings (SSSR count). The Kier molecular flexibility index (Phi) is 5.88. The fraction of sp³-hybridized carbons (Fsp3) is 0.500. The summed E-state index contributed by atoms with van der Waals surface area (Å²) in [4.78, 5) is 18.6. The number of nitrogens with two attached hydrogens (primary N) is 1. The lowest BCUT2D eigenvalue weighted by atomic mass is 10.1. The topological polar surface area (TPSA) is 68.5 Å². The van der Waals surface area contributed by atoms with Gasteiger partial charge in [-0.3, -0.25) is 0 Å². The maximum absolute atomic E-state index is 11.5. The van der Waals surface area contributed by atoms with E-state index >= 15 is 0 Å². The van der Waals surface area contributed by atoms with E-state index < -0.39 is 0 Å². The smallest absolute Gasteiger partial charge is 0.339 e. The highest BCUT2D eigenvalue weighted by molar-refractivity contribution is 7.80. The fourth-order valence-corrected chi connectivity index (χ4v) is 1.93. The predicted octanol–water partition coefficient (Wildman–Crippen LogP) is 1.93. The normalized spacial score (nSPS) is 11.8. The number of esters is 1. The van der Waals surface area contributed by atoms with Crippen molar-refractivity contribution in [2.24, 2.45) is 11.7 Å². The standard InChI is InChI=1S/C14H21N3O2S/c1-5-17(8-9(2)13(15)20)12-7-6-11(10(3)16-12)14(18)19-4/h6-7,9H,5,8H2,1-4H3,(H2,15,20). The van der Waals surface area contributed by atoms with Crippen molar-refractivity contribution in [3.63, 3.8) is 0 Å². The highest BCUT2D eigenvalue weighted by Crippen LogP contribution is 2.17. The fourth-order valence-electron chi connectivity index (χ4n) is 1.85. The average Bonchev–Trinajstić information content (AvgIpc) is 2.43. The van der Waals surface area contributed by atoms with Gasteiger partial charge < -0.3 is 15.4 Å². The minimum atomic E-state index is -0.374. The zero-order valence-electron chi connectivity index (χ0n) is 12.3. The number of pyridine rings is 1. The van der Waals surface area contributed by atoms with Crippen LogP contribution in [-0.4, -0.2) is 36.1 Å². The molecule has 1 aromatic heterocycles. The van der Waals surface area contributed by atoms with Gasteiger partial charge in [-0.25, -0.2) is 9.78 Å². The molecule has 0 fully saturated rings. The Labute approximate surface area is 125 Å². The molecule has 1 atom stereocenters. The quantitative estimate of drug-likeness (QED) is 0.639. The molecule has 1 unspecified atom stereocenters. The molecule has 0 aliphatic heterocycles. The van der Waals surface area contributed by atoms with E-state index in [1.165, 1.54) is 7.11 Å². The third kappa shape index (κ3) is 3.90. The number of methoxy groups -OCH3 is 1. The Morgan fingerprint density at radius 3 is 2.65 bits per heavy atom.